The number of nitrogens with one attached hydrogen (secondary N) is 1. The van der Waals surface area contributed by atoms with Crippen molar-refractivity contribution < 1.29 is 70.3 Å². The van der Waals surface area contributed by atoms with E-state index in [1.807, 2.05) is 0 Å². The number of pyridine rings is 1. The smallest absolute Gasteiger partial charge is 0.346 e. The number of alkyl halides is 8. The molecule has 65 heavy (non-hydrogen) atoms. The quantitative estimate of drug-likeness (QED) is 0.108. The molecule has 12 nitrogen and oxygen atoms in total. The fourth-order valence-electron chi connectivity index (χ4n) is 7.95. The molecule has 0 saturated heterocycles. The third kappa shape index (κ3) is 9.55. The number of nitrogens with two attached hydrogens (primary N) is 1. The number of nitrogens with zero attached hydrogens (tertiary/aromatic N) is 5. The Balaban J connectivity index is 1.45. The first-order valence-electron chi connectivity index (χ1n) is 19.2. The molecule has 3 heterocycles. The average molecular weight is 983 g/mol. The molecular weight excluding hydrogens is 948 g/mol. The molecule has 3 atom stereocenters. The van der Waals surface area contributed by atoms with Gasteiger partial charge in [-0.25, -0.2) is 26.9 Å². The fourth-order valence-corrected chi connectivity index (χ4v) is 9.01. The summed E-state index contributed by atoms with van der Waals surface area (Å²) in [5.41, 5.74) is -5.04. The highest BCUT2D eigenvalue weighted by Gasteiger charge is 2.63. The van der Waals surface area contributed by atoms with Crippen LogP contribution in [-0.2, 0) is 56.3 Å². The minimum absolute atomic E-state index is 0.0170. The van der Waals surface area contributed by atoms with Crippen LogP contribution in [0, 0.1) is 29.4 Å². The van der Waals surface area contributed by atoms with Crippen LogP contribution in [0.25, 0.3) is 22.0 Å². The Morgan fingerprint density at radius 1 is 0.954 bits per heavy atom. The Morgan fingerprint density at radius 2 is 1.60 bits per heavy atom. The van der Waals surface area contributed by atoms with Crippen molar-refractivity contribution in [3.8, 4) is 23.0 Å². The number of primary sulfonamides is 1. The van der Waals surface area contributed by atoms with Crippen molar-refractivity contribution in [2.75, 3.05) is 12.5 Å². The zero-order valence-corrected chi connectivity index (χ0v) is 36.5. The molecule has 0 aliphatic heterocycles. The second-order valence-corrected chi connectivity index (χ2v) is 21.2. The van der Waals surface area contributed by atoms with E-state index >= 15 is 8.78 Å². The van der Waals surface area contributed by atoms with Crippen LogP contribution in [0.1, 0.15) is 72.6 Å². The molecule has 0 unspecified atom stereocenters. The number of sulfone groups is 1. The van der Waals surface area contributed by atoms with Crippen LogP contribution in [-0.4, -0.2) is 70.7 Å². The summed E-state index contributed by atoms with van der Waals surface area (Å²) >= 11 is 6.49. The lowest BCUT2D eigenvalue weighted by molar-refractivity contribution is -0.399. The maximum atomic E-state index is 15.7. The average Bonchev–Trinajstić information content (AvgIpc) is 3.70. The van der Waals surface area contributed by atoms with Gasteiger partial charge in [-0.3, -0.25) is 9.48 Å². The number of sulfonamides is 1. The molecule has 0 bridgehead atoms. The van der Waals surface area contributed by atoms with Crippen molar-refractivity contribution in [2.24, 2.45) is 5.92 Å². The van der Waals surface area contributed by atoms with Gasteiger partial charge < -0.3 is 5.32 Å². The van der Waals surface area contributed by atoms with Gasteiger partial charge in [0.2, 0.25) is 5.91 Å². The summed E-state index contributed by atoms with van der Waals surface area (Å²) in [7, 11) is -7.94. The molecule has 0 radical (unpaired) electrons. The van der Waals surface area contributed by atoms with Crippen LogP contribution in [0.3, 0.4) is 0 Å². The molecule has 3 N–H and O–H groups in total. The molecule has 1 saturated carbocycles. The number of quaternary nitrogens is 1. The summed E-state index contributed by atoms with van der Waals surface area (Å²) in [5.74, 6) is -5.31. The molecule has 2 aromatic carbocycles. The summed E-state index contributed by atoms with van der Waals surface area (Å²) in [6.07, 6.45) is -9.21. The molecule has 1 amide bonds. The van der Waals surface area contributed by atoms with Crippen LogP contribution in [0.15, 0.2) is 42.5 Å². The van der Waals surface area contributed by atoms with Gasteiger partial charge in [0.05, 0.1) is 28.5 Å². The molecule has 348 valence electrons. The molecule has 5 aromatic rings. The summed E-state index contributed by atoms with van der Waals surface area (Å²) in [6.45, 7) is -0.513. The van der Waals surface area contributed by atoms with E-state index in [1.165, 1.54) is 38.1 Å². The molecule has 2 aliphatic rings. The highest BCUT2D eigenvalue weighted by molar-refractivity contribution is 7.92. The van der Waals surface area contributed by atoms with E-state index in [9.17, 15) is 56.8 Å². The minimum Gasteiger partial charge on any atom is -0.346 e. The van der Waals surface area contributed by atoms with E-state index in [4.69, 9.17) is 11.6 Å². The minimum atomic E-state index is -5.19. The van der Waals surface area contributed by atoms with Gasteiger partial charge in [0.25, 0.3) is 21.8 Å². The number of fused-ring (bicyclic) bond motifs is 4. The number of carbonyl (C=O) groups is 1. The first-order valence-corrected chi connectivity index (χ1v) is 23.4. The summed E-state index contributed by atoms with van der Waals surface area (Å²) in [4.78, 5) is 18.6. The summed E-state index contributed by atoms with van der Waals surface area (Å²) in [6, 6.07) is 5.33. The van der Waals surface area contributed by atoms with Gasteiger partial charge in [-0.2, -0.15) is 53.4 Å². The van der Waals surface area contributed by atoms with Crippen molar-refractivity contribution in [3.05, 3.63) is 93.0 Å². The number of aromatic nitrogens is 5. The maximum absolute atomic E-state index is 15.7. The zero-order valence-electron chi connectivity index (χ0n) is 34.1. The van der Waals surface area contributed by atoms with Crippen LogP contribution in [0.4, 0.5) is 49.7 Å². The van der Waals surface area contributed by atoms with Crippen molar-refractivity contribution in [1.29, 1.82) is 0 Å². The van der Waals surface area contributed by atoms with Gasteiger partial charge in [-0.15, -0.1) is 5.10 Å². The predicted molar refractivity (Wildman–Crippen MR) is 214 cm³/mol. The van der Waals surface area contributed by atoms with Gasteiger partial charge in [0.15, 0.2) is 15.5 Å². The number of hydrogen-bond donors (Lipinski definition) is 2. The number of hydrogen-bond acceptors (Lipinski definition) is 8. The second-order valence-electron chi connectivity index (χ2n) is 16.4. The van der Waals surface area contributed by atoms with Crippen molar-refractivity contribution in [1.82, 2.24) is 29.9 Å². The van der Waals surface area contributed by atoms with Gasteiger partial charge in [0.1, 0.15) is 46.2 Å². The molecule has 2 aliphatic carbocycles. The second kappa shape index (κ2) is 16.3. The third-order valence-electron chi connectivity index (χ3n) is 11.2. The predicted octanol–water partition coefficient (Wildman–Crippen LogP) is 6.84. The van der Waals surface area contributed by atoms with Crippen LogP contribution in [0.5, 0.6) is 0 Å². The standard InChI is InChI=1S/C40H34ClF10N7O5S2/c1-37(2,64(3,60)61)12-11-22-5-6-23(24-8-10-27(41)31-33(24)58(18-38(44,45)46)55-36(31)56-65(4,62)63)32(52-22)28(15-19-13-20(42)16-21(43)14-19)53-29(59)17-57-35-30(34(54-57)40(49,50)51)25-7-9-26(25)39(35,47)48/h5-6,8,10,13-14,16,25-26,28H,7,9,15,17-18H2,1-4H3,(H,53,59)(H,55,56)/p+1/t25-,26+,28-/m0/s1. The first-order chi connectivity index (χ1) is 29.8. The SMILES string of the molecule is CC(C)(C#Cc1ccc(-c2ccc(Cl)c3c([NH2+]S(C)(=O)=O)nn(CC(F)(F)F)c23)c([C@H](Cc2cc(F)cc(F)c2)NC(=O)Cn2nc(C(F)(F)F)c3c2C(F)(F)[C@@H]2CC[C@H]32)n1)S(C)(=O)=O. The fraction of sp³-hybridized carbons (Fsp3) is 0.400. The zero-order chi connectivity index (χ0) is 48.0. The number of amides is 1. The Hall–Kier alpha value is -5.25. The number of halogens is 11. The Kier molecular flexibility index (Phi) is 11.9. The first kappa shape index (κ1) is 47.7. The maximum Gasteiger partial charge on any atom is 0.435 e. The molecule has 7 rings (SSSR count). The Bertz CT molecular complexity index is 3050. The van der Waals surface area contributed by atoms with Crippen LogP contribution >= 0.6 is 11.6 Å². The van der Waals surface area contributed by atoms with Gasteiger partial charge in [-0.05, 0) is 80.8 Å². The van der Waals surface area contributed by atoms with Gasteiger partial charge in [-0.1, -0.05) is 23.6 Å². The lowest BCUT2D eigenvalue weighted by atomic mass is 9.73. The van der Waals surface area contributed by atoms with Gasteiger partial charge >= 0.3 is 12.4 Å². The molecule has 3 aromatic heterocycles. The van der Waals surface area contributed by atoms with E-state index < -0.39 is 126 Å². The normalized spacial score (nSPS) is 17.8. The number of benzene rings is 2. The number of carbonyl (C=O) groups excluding carboxylic acids is 1. The van der Waals surface area contributed by atoms with E-state index in [2.05, 4.69) is 32.3 Å². The van der Waals surface area contributed by atoms with E-state index in [-0.39, 0.29) is 56.0 Å². The van der Waals surface area contributed by atoms with E-state index in [1.54, 1.807) is 0 Å². The van der Waals surface area contributed by atoms with Crippen LogP contribution < -0.4 is 10.0 Å². The summed E-state index contributed by atoms with van der Waals surface area (Å²) in [5, 5.41) is 9.23. The molecule has 0 spiro atoms. The van der Waals surface area contributed by atoms with Gasteiger partial charge in [0, 0.05) is 34.9 Å². The molecule has 25 heteroatoms. The highest BCUT2D eigenvalue weighted by Crippen LogP contribution is 2.64. The summed E-state index contributed by atoms with van der Waals surface area (Å²) < 4.78 is 195. The Labute approximate surface area is 368 Å². The van der Waals surface area contributed by atoms with Crippen molar-refractivity contribution in [3.63, 3.8) is 0 Å². The topological polar surface area (TPSA) is 163 Å². The van der Waals surface area contributed by atoms with Crippen molar-refractivity contribution >= 4 is 54.1 Å². The van der Waals surface area contributed by atoms with E-state index in [0.717, 1.165) is 24.6 Å². The monoisotopic (exact) mass is 982 g/mol. The lowest BCUT2D eigenvalue weighted by Gasteiger charge is -2.34. The van der Waals surface area contributed by atoms with Crippen LogP contribution in [0.2, 0.25) is 5.02 Å². The highest BCUT2D eigenvalue weighted by atomic mass is 35.5. The number of rotatable bonds is 11. The van der Waals surface area contributed by atoms with Crippen molar-refractivity contribution in [2.45, 2.75) is 81.2 Å². The third-order valence-corrected chi connectivity index (χ3v) is 14.1. The lowest BCUT2D eigenvalue weighted by Crippen LogP contribution is -2.81. The molecular formula is C40H35ClF10N7O5S2+. The molecule has 1 fully saturated rings. The van der Waals surface area contributed by atoms with E-state index in [0.29, 0.717) is 15.5 Å². The largest absolute Gasteiger partial charge is 0.435 e. The Morgan fingerprint density at radius 3 is 2.17 bits per heavy atom.